The number of hydrogen-bond acceptors (Lipinski definition) is 4. The van der Waals surface area contributed by atoms with Gasteiger partial charge < -0.3 is 9.88 Å². The molecule has 1 amide bonds. The number of amides is 1. The number of nitrogens with one attached hydrogen (secondary N) is 1. The number of carbonyl (C=O) groups is 1. The Labute approximate surface area is 156 Å². The molecule has 1 aliphatic rings. The summed E-state index contributed by atoms with van der Waals surface area (Å²) in [6.45, 7) is 4.35. The van der Waals surface area contributed by atoms with E-state index in [1.165, 1.54) is 12.1 Å². The Balaban J connectivity index is 1.58. The van der Waals surface area contributed by atoms with E-state index in [1.54, 1.807) is 23.1 Å². The number of fused-ring (bicyclic) bond motifs is 1. The maximum absolute atomic E-state index is 13.2. The van der Waals surface area contributed by atoms with E-state index < -0.39 is 0 Å². The van der Waals surface area contributed by atoms with Crippen LogP contribution >= 0.6 is 0 Å². The van der Waals surface area contributed by atoms with Crippen molar-refractivity contribution in [3.05, 3.63) is 59.2 Å². The molecule has 0 bridgehead atoms. The number of aromatic nitrogens is 5. The minimum atomic E-state index is -0.296. The molecule has 0 unspecified atom stereocenters. The molecule has 1 aromatic carbocycles. The van der Waals surface area contributed by atoms with Crippen molar-refractivity contribution in [2.24, 2.45) is 0 Å². The molecule has 0 saturated heterocycles. The molecule has 0 fully saturated rings. The Bertz CT molecular complexity index is 973. The number of hydrogen-bond donors (Lipinski definition) is 1. The van der Waals surface area contributed by atoms with Gasteiger partial charge in [-0.05, 0) is 57.4 Å². The van der Waals surface area contributed by atoms with Crippen LogP contribution in [0.2, 0.25) is 0 Å². The van der Waals surface area contributed by atoms with Gasteiger partial charge in [0.25, 0.3) is 5.91 Å². The number of benzene rings is 1. The predicted molar refractivity (Wildman–Crippen MR) is 97.1 cm³/mol. The molecular weight excluding hydrogens is 347 g/mol. The van der Waals surface area contributed by atoms with Crippen molar-refractivity contribution in [1.29, 1.82) is 0 Å². The van der Waals surface area contributed by atoms with Crippen molar-refractivity contribution in [3.8, 4) is 5.69 Å². The fourth-order valence-corrected chi connectivity index (χ4v) is 3.48. The fraction of sp³-hybridized carbons (Fsp3) is 0.368. The van der Waals surface area contributed by atoms with Gasteiger partial charge in [0.05, 0.1) is 12.2 Å². The number of halogens is 1. The van der Waals surface area contributed by atoms with Crippen LogP contribution in [0.15, 0.2) is 30.6 Å². The summed E-state index contributed by atoms with van der Waals surface area (Å²) in [6, 6.07) is 6.36. The van der Waals surface area contributed by atoms with E-state index in [9.17, 15) is 9.18 Å². The first kappa shape index (κ1) is 17.4. The van der Waals surface area contributed by atoms with Gasteiger partial charge in [0.15, 0.2) is 11.5 Å². The van der Waals surface area contributed by atoms with Gasteiger partial charge in [0, 0.05) is 17.3 Å². The van der Waals surface area contributed by atoms with E-state index in [0.717, 1.165) is 36.2 Å². The molecule has 140 valence electrons. The van der Waals surface area contributed by atoms with E-state index in [2.05, 4.69) is 20.6 Å². The smallest absolute Gasteiger partial charge is 0.272 e. The third kappa shape index (κ3) is 3.22. The van der Waals surface area contributed by atoms with E-state index in [4.69, 9.17) is 0 Å². The van der Waals surface area contributed by atoms with Crippen LogP contribution in [0, 0.1) is 5.82 Å². The summed E-state index contributed by atoms with van der Waals surface area (Å²) in [5, 5.41) is 15.4. The molecule has 1 N–H and O–H groups in total. The minimum Gasteiger partial charge on any atom is -0.343 e. The third-order valence-electron chi connectivity index (χ3n) is 4.83. The summed E-state index contributed by atoms with van der Waals surface area (Å²) in [7, 11) is 0. The van der Waals surface area contributed by atoms with Gasteiger partial charge in [-0.3, -0.25) is 4.79 Å². The lowest BCUT2D eigenvalue weighted by atomic mass is 10.2. The highest BCUT2D eigenvalue weighted by atomic mass is 19.1. The van der Waals surface area contributed by atoms with Crippen LogP contribution < -0.4 is 5.32 Å². The molecule has 0 saturated carbocycles. The molecule has 1 aliphatic carbocycles. The van der Waals surface area contributed by atoms with Gasteiger partial charge in [0.2, 0.25) is 0 Å². The Morgan fingerprint density at radius 2 is 2.04 bits per heavy atom. The summed E-state index contributed by atoms with van der Waals surface area (Å²) in [5.41, 5.74) is 3.19. The first-order valence-electron chi connectivity index (χ1n) is 9.08. The number of carbonyl (C=O) groups excluding carboxylic acids is 1. The average molecular weight is 368 g/mol. The van der Waals surface area contributed by atoms with Crippen LogP contribution in [0.1, 0.15) is 53.9 Å². The van der Waals surface area contributed by atoms with E-state index >= 15 is 0 Å². The van der Waals surface area contributed by atoms with Crippen LogP contribution in [0.4, 0.5) is 4.39 Å². The topological polar surface area (TPSA) is 77.6 Å². The zero-order valence-electron chi connectivity index (χ0n) is 15.3. The summed E-state index contributed by atoms with van der Waals surface area (Å²) in [6.07, 6.45) is 4.32. The highest BCUT2D eigenvalue weighted by Crippen LogP contribution is 2.28. The zero-order valence-corrected chi connectivity index (χ0v) is 15.3. The lowest BCUT2D eigenvalue weighted by Crippen LogP contribution is -2.26. The van der Waals surface area contributed by atoms with Crippen molar-refractivity contribution < 1.29 is 9.18 Å². The van der Waals surface area contributed by atoms with Crippen LogP contribution in [0.25, 0.3) is 5.69 Å². The second-order valence-corrected chi connectivity index (χ2v) is 6.95. The molecule has 0 aliphatic heterocycles. The molecule has 4 rings (SSSR count). The van der Waals surface area contributed by atoms with Crippen molar-refractivity contribution >= 4 is 5.91 Å². The maximum Gasteiger partial charge on any atom is 0.272 e. The van der Waals surface area contributed by atoms with Gasteiger partial charge in [-0.1, -0.05) is 0 Å². The molecular formula is C19H21FN6O. The largest absolute Gasteiger partial charge is 0.343 e. The summed E-state index contributed by atoms with van der Waals surface area (Å²) < 4.78 is 16.9. The average Bonchev–Trinajstić information content (AvgIpc) is 3.36. The van der Waals surface area contributed by atoms with E-state index in [0.29, 0.717) is 11.5 Å². The quantitative estimate of drug-likeness (QED) is 0.751. The Kier molecular flexibility index (Phi) is 4.47. The van der Waals surface area contributed by atoms with Gasteiger partial charge in [-0.15, -0.1) is 10.2 Å². The van der Waals surface area contributed by atoms with Crippen molar-refractivity contribution in [1.82, 2.24) is 29.9 Å². The first-order valence-corrected chi connectivity index (χ1v) is 9.08. The highest BCUT2D eigenvalue weighted by molar-refractivity contribution is 5.94. The lowest BCUT2D eigenvalue weighted by molar-refractivity contribution is 0.0943. The summed E-state index contributed by atoms with van der Waals surface area (Å²) in [4.78, 5) is 12.8. The fourth-order valence-electron chi connectivity index (χ4n) is 3.48. The molecule has 2 heterocycles. The van der Waals surface area contributed by atoms with Crippen LogP contribution in [0.5, 0.6) is 0 Å². The first-order chi connectivity index (χ1) is 13.0. The van der Waals surface area contributed by atoms with Gasteiger partial charge >= 0.3 is 0 Å². The summed E-state index contributed by atoms with van der Waals surface area (Å²) >= 11 is 0. The number of nitrogens with zero attached hydrogens (tertiary/aromatic N) is 5. The Hall–Kier alpha value is -3.03. The molecule has 3 aromatic rings. The van der Waals surface area contributed by atoms with Crippen molar-refractivity contribution in [2.45, 2.75) is 45.7 Å². The second-order valence-electron chi connectivity index (χ2n) is 6.95. The predicted octanol–water partition coefficient (Wildman–Crippen LogP) is 2.60. The summed E-state index contributed by atoms with van der Waals surface area (Å²) in [5.74, 6) is 0.176. The van der Waals surface area contributed by atoms with Gasteiger partial charge in [0.1, 0.15) is 12.1 Å². The Morgan fingerprint density at radius 1 is 1.26 bits per heavy atom. The standard InChI is InChI=1S/C19H21FN6O/c1-12(2)25-11-22-23-17(25)10-21-19(27)18-15-4-3-5-16(15)26(24-18)14-8-6-13(20)7-9-14/h6-9,11-12H,3-5,10H2,1-2H3,(H,21,27). The molecule has 27 heavy (non-hydrogen) atoms. The molecule has 8 heteroatoms. The normalized spacial score (nSPS) is 13.2. The van der Waals surface area contributed by atoms with Gasteiger partial charge in [-0.2, -0.15) is 5.10 Å². The Morgan fingerprint density at radius 3 is 2.78 bits per heavy atom. The zero-order chi connectivity index (χ0) is 19.0. The van der Waals surface area contributed by atoms with Gasteiger partial charge in [-0.25, -0.2) is 9.07 Å². The molecule has 7 nitrogen and oxygen atoms in total. The SMILES string of the molecule is CC(C)n1cnnc1CNC(=O)c1nn(-c2ccc(F)cc2)c2c1CCC2. The molecule has 2 aromatic heterocycles. The van der Waals surface area contributed by atoms with Crippen molar-refractivity contribution in [3.63, 3.8) is 0 Å². The maximum atomic E-state index is 13.2. The molecule has 0 atom stereocenters. The van der Waals surface area contributed by atoms with Crippen LogP contribution in [-0.4, -0.2) is 30.5 Å². The molecule has 0 spiro atoms. The second kappa shape index (κ2) is 6.94. The van der Waals surface area contributed by atoms with Crippen molar-refractivity contribution in [2.75, 3.05) is 0 Å². The minimum absolute atomic E-state index is 0.217. The van der Waals surface area contributed by atoms with E-state index in [1.807, 2.05) is 18.4 Å². The third-order valence-corrected chi connectivity index (χ3v) is 4.83. The number of rotatable bonds is 5. The molecule has 0 radical (unpaired) electrons. The highest BCUT2D eigenvalue weighted by Gasteiger charge is 2.27. The lowest BCUT2D eigenvalue weighted by Gasteiger charge is -2.10. The van der Waals surface area contributed by atoms with Crippen LogP contribution in [-0.2, 0) is 19.4 Å². The van der Waals surface area contributed by atoms with E-state index in [-0.39, 0.29) is 24.3 Å². The van der Waals surface area contributed by atoms with Crippen LogP contribution in [0.3, 0.4) is 0 Å². The monoisotopic (exact) mass is 368 g/mol.